The Bertz CT molecular complexity index is 1030. The molecule has 2 atom stereocenters. The average molecular weight is 350 g/mol. The van der Waals surface area contributed by atoms with Crippen molar-refractivity contribution in [3.8, 4) is 5.75 Å². The van der Waals surface area contributed by atoms with Crippen LogP contribution in [0.1, 0.15) is 29.5 Å². The fraction of sp³-hybridized carbons (Fsp3) is 0.238. The molecule has 3 aromatic rings. The first-order valence-electron chi connectivity index (χ1n) is 8.55. The highest BCUT2D eigenvalue weighted by Crippen LogP contribution is 2.44. The second kappa shape index (κ2) is 6.33. The van der Waals surface area contributed by atoms with E-state index in [1.54, 1.807) is 19.1 Å². The Morgan fingerprint density at radius 2 is 1.85 bits per heavy atom. The van der Waals surface area contributed by atoms with Gasteiger partial charge in [0.1, 0.15) is 11.3 Å². The first kappa shape index (κ1) is 16.4. The van der Waals surface area contributed by atoms with Gasteiger partial charge in [0.05, 0.1) is 23.5 Å². The SMILES string of the molecule is CCOC(=O)[C@@H]1Oc2c(c(=O)oc3ccccc23)[C@H]1c1ccc(C)cc1. The summed E-state index contributed by atoms with van der Waals surface area (Å²) in [5.74, 6) is -0.649. The van der Waals surface area contributed by atoms with Crippen LogP contribution in [0.3, 0.4) is 0 Å². The Morgan fingerprint density at radius 3 is 2.58 bits per heavy atom. The first-order chi connectivity index (χ1) is 12.6. The maximum Gasteiger partial charge on any atom is 0.348 e. The Balaban J connectivity index is 1.94. The number of fused-ring (bicyclic) bond motifs is 3. The van der Waals surface area contributed by atoms with Gasteiger partial charge >= 0.3 is 11.6 Å². The third-order valence-corrected chi connectivity index (χ3v) is 4.61. The van der Waals surface area contributed by atoms with E-state index < -0.39 is 23.6 Å². The van der Waals surface area contributed by atoms with E-state index in [2.05, 4.69) is 0 Å². The molecule has 2 aromatic carbocycles. The number of aryl methyl sites for hydroxylation is 1. The summed E-state index contributed by atoms with van der Waals surface area (Å²) in [6, 6.07) is 14.8. The lowest BCUT2D eigenvalue weighted by Crippen LogP contribution is -2.32. The van der Waals surface area contributed by atoms with Crippen LogP contribution >= 0.6 is 0 Å². The topological polar surface area (TPSA) is 65.7 Å². The summed E-state index contributed by atoms with van der Waals surface area (Å²) in [6.07, 6.45) is -0.915. The summed E-state index contributed by atoms with van der Waals surface area (Å²) in [7, 11) is 0. The van der Waals surface area contributed by atoms with E-state index in [0.29, 0.717) is 22.3 Å². The van der Waals surface area contributed by atoms with Crippen LogP contribution in [0.2, 0.25) is 0 Å². The van der Waals surface area contributed by atoms with Crippen molar-refractivity contribution in [1.29, 1.82) is 0 Å². The molecule has 4 rings (SSSR count). The number of benzene rings is 2. The van der Waals surface area contributed by atoms with Crippen molar-refractivity contribution in [2.75, 3.05) is 6.61 Å². The number of carbonyl (C=O) groups excluding carboxylic acids is 1. The van der Waals surface area contributed by atoms with Gasteiger partial charge in [-0.05, 0) is 31.5 Å². The molecule has 0 fully saturated rings. The lowest BCUT2D eigenvalue weighted by atomic mass is 9.88. The highest BCUT2D eigenvalue weighted by atomic mass is 16.6. The molecule has 1 aliphatic rings. The van der Waals surface area contributed by atoms with Crippen molar-refractivity contribution < 1.29 is 18.7 Å². The van der Waals surface area contributed by atoms with Crippen LogP contribution in [-0.4, -0.2) is 18.7 Å². The molecule has 5 heteroatoms. The van der Waals surface area contributed by atoms with Gasteiger partial charge < -0.3 is 13.9 Å². The van der Waals surface area contributed by atoms with Crippen LogP contribution in [0, 0.1) is 6.92 Å². The monoisotopic (exact) mass is 350 g/mol. The normalized spacial score (nSPS) is 18.4. The summed E-state index contributed by atoms with van der Waals surface area (Å²) in [4.78, 5) is 25.2. The minimum absolute atomic E-state index is 0.241. The van der Waals surface area contributed by atoms with Crippen molar-refractivity contribution in [3.05, 3.63) is 75.6 Å². The van der Waals surface area contributed by atoms with Gasteiger partial charge in [-0.15, -0.1) is 0 Å². The Labute approximate surface area is 150 Å². The van der Waals surface area contributed by atoms with Crippen LogP contribution in [0.4, 0.5) is 0 Å². The molecule has 0 spiro atoms. The minimum atomic E-state index is -0.915. The Morgan fingerprint density at radius 1 is 1.12 bits per heavy atom. The molecule has 0 saturated carbocycles. The average Bonchev–Trinajstić information content (AvgIpc) is 3.04. The number of hydrogen-bond donors (Lipinski definition) is 0. The van der Waals surface area contributed by atoms with E-state index in [4.69, 9.17) is 13.9 Å². The molecule has 132 valence electrons. The molecule has 0 N–H and O–H groups in total. The van der Waals surface area contributed by atoms with Gasteiger partial charge in [-0.1, -0.05) is 42.0 Å². The predicted octanol–water partition coefficient (Wildman–Crippen LogP) is 3.56. The summed E-state index contributed by atoms with van der Waals surface area (Å²) in [5.41, 5.74) is 2.21. The zero-order valence-corrected chi connectivity index (χ0v) is 14.5. The van der Waals surface area contributed by atoms with Crippen molar-refractivity contribution in [1.82, 2.24) is 0 Å². The zero-order valence-electron chi connectivity index (χ0n) is 14.5. The van der Waals surface area contributed by atoms with Crippen molar-refractivity contribution in [2.45, 2.75) is 25.9 Å². The van der Waals surface area contributed by atoms with Crippen LogP contribution in [-0.2, 0) is 9.53 Å². The molecule has 0 bridgehead atoms. The maximum absolute atomic E-state index is 12.7. The van der Waals surface area contributed by atoms with Crippen molar-refractivity contribution >= 4 is 16.9 Å². The van der Waals surface area contributed by atoms with Crippen LogP contribution in [0.15, 0.2) is 57.7 Å². The molecule has 0 unspecified atom stereocenters. The molecule has 2 heterocycles. The molecule has 1 aromatic heterocycles. The van der Waals surface area contributed by atoms with Gasteiger partial charge in [0.15, 0.2) is 0 Å². The molecule has 1 aliphatic heterocycles. The van der Waals surface area contributed by atoms with Gasteiger partial charge in [0, 0.05) is 0 Å². The van der Waals surface area contributed by atoms with Crippen LogP contribution in [0.25, 0.3) is 11.0 Å². The number of carbonyl (C=O) groups is 1. The highest BCUT2D eigenvalue weighted by Gasteiger charge is 2.44. The Hall–Kier alpha value is -3.08. The van der Waals surface area contributed by atoms with E-state index in [0.717, 1.165) is 11.1 Å². The maximum atomic E-state index is 12.7. The number of rotatable bonds is 3. The molecular weight excluding hydrogens is 332 g/mol. The zero-order chi connectivity index (χ0) is 18.3. The molecule has 26 heavy (non-hydrogen) atoms. The third kappa shape index (κ3) is 2.56. The van der Waals surface area contributed by atoms with E-state index in [-0.39, 0.29) is 6.61 Å². The van der Waals surface area contributed by atoms with Gasteiger partial charge in [-0.25, -0.2) is 9.59 Å². The van der Waals surface area contributed by atoms with Gasteiger partial charge in [0.25, 0.3) is 0 Å². The highest BCUT2D eigenvalue weighted by molar-refractivity contribution is 5.88. The standard InChI is InChI=1S/C21H18O5/c1-3-24-21(23)19-16(13-10-8-12(2)9-11-13)17-18(26-19)14-6-4-5-7-15(14)25-20(17)22/h4-11,16,19H,3H2,1-2H3/t16-,19-/m1/s1. The van der Waals surface area contributed by atoms with Crippen LogP contribution < -0.4 is 10.4 Å². The van der Waals surface area contributed by atoms with Gasteiger partial charge in [-0.2, -0.15) is 0 Å². The van der Waals surface area contributed by atoms with Crippen LogP contribution in [0.5, 0.6) is 5.75 Å². The van der Waals surface area contributed by atoms with Gasteiger partial charge in [-0.3, -0.25) is 0 Å². The first-order valence-corrected chi connectivity index (χ1v) is 8.55. The smallest absolute Gasteiger partial charge is 0.348 e. The van der Waals surface area contributed by atoms with E-state index in [1.165, 1.54) is 0 Å². The molecule has 0 saturated heterocycles. The third-order valence-electron chi connectivity index (χ3n) is 4.61. The summed E-state index contributed by atoms with van der Waals surface area (Å²) in [6.45, 7) is 3.96. The fourth-order valence-corrected chi connectivity index (χ4v) is 3.40. The number of hydrogen-bond acceptors (Lipinski definition) is 5. The molecular formula is C21H18O5. The second-order valence-corrected chi connectivity index (χ2v) is 6.31. The van der Waals surface area contributed by atoms with E-state index in [1.807, 2.05) is 43.3 Å². The summed E-state index contributed by atoms with van der Waals surface area (Å²) < 4.78 is 16.6. The largest absolute Gasteiger partial charge is 0.476 e. The quantitative estimate of drug-likeness (QED) is 0.534. The molecule has 5 nitrogen and oxygen atoms in total. The number of esters is 1. The fourth-order valence-electron chi connectivity index (χ4n) is 3.40. The lowest BCUT2D eigenvalue weighted by Gasteiger charge is -2.17. The molecule has 0 aliphatic carbocycles. The van der Waals surface area contributed by atoms with E-state index in [9.17, 15) is 9.59 Å². The van der Waals surface area contributed by atoms with Gasteiger partial charge in [0.2, 0.25) is 6.10 Å². The number of ether oxygens (including phenoxy) is 2. The number of para-hydroxylation sites is 1. The van der Waals surface area contributed by atoms with Crippen molar-refractivity contribution in [2.24, 2.45) is 0 Å². The van der Waals surface area contributed by atoms with Crippen molar-refractivity contribution in [3.63, 3.8) is 0 Å². The summed E-state index contributed by atoms with van der Waals surface area (Å²) >= 11 is 0. The summed E-state index contributed by atoms with van der Waals surface area (Å²) in [5, 5.41) is 0.672. The minimum Gasteiger partial charge on any atom is -0.476 e. The molecule has 0 radical (unpaired) electrons. The predicted molar refractivity (Wildman–Crippen MR) is 96.6 cm³/mol. The Kier molecular flexibility index (Phi) is 3.99. The second-order valence-electron chi connectivity index (χ2n) is 6.31. The molecule has 0 amide bonds. The lowest BCUT2D eigenvalue weighted by molar-refractivity contribution is -0.151. The van der Waals surface area contributed by atoms with E-state index >= 15 is 0 Å².